The number of ether oxygens (including phenoxy) is 2. The van der Waals surface area contributed by atoms with Gasteiger partial charge in [-0.05, 0) is 25.1 Å². The predicted molar refractivity (Wildman–Crippen MR) is 82.8 cm³/mol. The molecule has 0 spiro atoms. The van der Waals surface area contributed by atoms with Gasteiger partial charge in [0.15, 0.2) is 11.5 Å². The molecule has 1 aromatic heterocycles. The number of carbonyl (C=O) groups is 1. The van der Waals surface area contributed by atoms with Crippen molar-refractivity contribution in [3.05, 3.63) is 40.1 Å². The number of methoxy groups -OCH3 is 1. The molecule has 1 aromatic carbocycles. The highest BCUT2D eigenvalue weighted by atomic mass is 32.1. The molecule has 5 nitrogen and oxygen atoms in total. The summed E-state index contributed by atoms with van der Waals surface area (Å²) in [6, 6.07) is 7.28. The Labute approximate surface area is 127 Å². The molecule has 0 radical (unpaired) electrons. The van der Waals surface area contributed by atoms with E-state index in [1.165, 1.54) is 11.3 Å². The van der Waals surface area contributed by atoms with Gasteiger partial charge in [-0.3, -0.25) is 0 Å². The van der Waals surface area contributed by atoms with E-state index in [9.17, 15) is 4.79 Å². The molecular formula is C15H17NO4S. The Balaban J connectivity index is 2.03. The zero-order valence-electron chi connectivity index (χ0n) is 11.9. The topological polar surface area (TPSA) is 67.8 Å². The number of aromatic carboxylic acids is 1. The minimum absolute atomic E-state index is 0.320. The number of carboxylic acids is 1. The molecule has 0 aliphatic carbocycles. The second-order valence-electron chi connectivity index (χ2n) is 4.26. The lowest BCUT2D eigenvalue weighted by molar-refractivity contribution is 0.0697. The quantitative estimate of drug-likeness (QED) is 0.820. The fraction of sp³-hybridized carbons (Fsp3) is 0.267. The maximum absolute atomic E-state index is 10.8. The van der Waals surface area contributed by atoms with Crippen molar-refractivity contribution in [2.75, 3.05) is 19.0 Å². The van der Waals surface area contributed by atoms with Crippen LogP contribution in [0.15, 0.2) is 29.6 Å². The average Bonchev–Trinajstić information content (AvgIpc) is 2.95. The summed E-state index contributed by atoms with van der Waals surface area (Å²) in [5.41, 5.74) is 1.21. The molecule has 21 heavy (non-hydrogen) atoms. The largest absolute Gasteiger partial charge is 0.493 e. The summed E-state index contributed by atoms with van der Waals surface area (Å²) in [5.74, 6) is 0.467. The lowest BCUT2D eigenvalue weighted by atomic mass is 10.2. The smallest absolute Gasteiger partial charge is 0.336 e. The van der Waals surface area contributed by atoms with E-state index in [0.29, 0.717) is 30.2 Å². The molecule has 2 aromatic rings. The van der Waals surface area contributed by atoms with Crippen molar-refractivity contribution >= 4 is 23.0 Å². The number of hydrogen-bond donors (Lipinski definition) is 2. The minimum Gasteiger partial charge on any atom is -0.493 e. The van der Waals surface area contributed by atoms with Crippen LogP contribution in [0, 0.1) is 0 Å². The summed E-state index contributed by atoms with van der Waals surface area (Å²) in [6.07, 6.45) is 0. The van der Waals surface area contributed by atoms with E-state index >= 15 is 0 Å². The van der Waals surface area contributed by atoms with E-state index in [-0.39, 0.29) is 0 Å². The Bertz CT molecular complexity index is 624. The van der Waals surface area contributed by atoms with Crippen LogP contribution in [0.1, 0.15) is 22.2 Å². The highest BCUT2D eigenvalue weighted by Crippen LogP contribution is 2.30. The maximum atomic E-state index is 10.8. The second-order valence-corrected chi connectivity index (χ2v) is 5.25. The van der Waals surface area contributed by atoms with Crippen molar-refractivity contribution in [2.24, 2.45) is 0 Å². The molecule has 0 fully saturated rings. The van der Waals surface area contributed by atoms with Crippen LogP contribution < -0.4 is 14.8 Å². The minimum atomic E-state index is -0.903. The number of hydrogen-bond acceptors (Lipinski definition) is 5. The van der Waals surface area contributed by atoms with Gasteiger partial charge < -0.3 is 19.9 Å². The van der Waals surface area contributed by atoms with Crippen molar-refractivity contribution in [1.29, 1.82) is 0 Å². The monoisotopic (exact) mass is 307 g/mol. The first-order valence-electron chi connectivity index (χ1n) is 6.49. The van der Waals surface area contributed by atoms with E-state index in [1.807, 2.05) is 25.1 Å². The fourth-order valence-corrected chi connectivity index (χ4v) is 2.62. The summed E-state index contributed by atoms with van der Waals surface area (Å²) >= 11 is 1.42. The number of rotatable bonds is 7. The average molecular weight is 307 g/mol. The summed E-state index contributed by atoms with van der Waals surface area (Å²) in [7, 11) is 1.60. The van der Waals surface area contributed by atoms with Gasteiger partial charge in [-0.2, -0.15) is 0 Å². The molecule has 1 heterocycles. The van der Waals surface area contributed by atoms with Crippen LogP contribution in [0.3, 0.4) is 0 Å². The molecule has 0 aliphatic heterocycles. The Morgan fingerprint density at radius 2 is 2.14 bits per heavy atom. The van der Waals surface area contributed by atoms with Crippen molar-refractivity contribution in [2.45, 2.75) is 13.5 Å². The highest BCUT2D eigenvalue weighted by molar-refractivity contribution is 7.10. The van der Waals surface area contributed by atoms with Crippen LogP contribution >= 0.6 is 11.3 Å². The number of carboxylic acid groups (broad SMARTS) is 1. The Morgan fingerprint density at radius 3 is 2.76 bits per heavy atom. The molecule has 0 amide bonds. The summed E-state index contributed by atoms with van der Waals surface area (Å²) in [6.45, 7) is 3.06. The van der Waals surface area contributed by atoms with Gasteiger partial charge in [-0.15, -0.1) is 11.3 Å². The van der Waals surface area contributed by atoms with E-state index in [2.05, 4.69) is 5.32 Å². The number of nitrogens with one attached hydrogen (secondary N) is 1. The molecule has 2 rings (SSSR count). The van der Waals surface area contributed by atoms with Crippen molar-refractivity contribution < 1.29 is 19.4 Å². The van der Waals surface area contributed by atoms with E-state index in [1.54, 1.807) is 18.6 Å². The fourth-order valence-electron chi connectivity index (χ4n) is 1.83. The first kappa shape index (κ1) is 15.2. The molecule has 0 saturated heterocycles. The van der Waals surface area contributed by atoms with E-state index in [4.69, 9.17) is 14.6 Å². The van der Waals surface area contributed by atoms with Gasteiger partial charge in [-0.1, -0.05) is 0 Å². The first-order valence-corrected chi connectivity index (χ1v) is 7.37. The summed E-state index contributed by atoms with van der Waals surface area (Å²) in [4.78, 5) is 11.8. The molecule has 0 atom stereocenters. The van der Waals surface area contributed by atoms with Crippen molar-refractivity contribution in [3.63, 3.8) is 0 Å². The summed E-state index contributed by atoms with van der Waals surface area (Å²) < 4.78 is 10.7. The SMILES string of the molecule is CCOc1ccc(NCc2cc(C(=O)O)cs2)cc1OC. The summed E-state index contributed by atoms with van der Waals surface area (Å²) in [5, 5.41) is 13.8. The zero-order valence-corrected chi connectivity index (χ0v) is 12.7. The van der Waals surface area contributed by atoms with Gasteiger partial charge in [-0.25, -0.2) is 4.79 Å². The zero-order chi connectivity index (χ0) is 15.2. The van der Waals surface area contributed by atoms with Gasteiger partial charge in [0.25, 0.3) is 0 Å². The third kappa shape index (κ3) is 3.88. The van der Waals surface area contributed by atoms with Crippen LogP contribution in [-0.4, -0.2) is 24.8 Å². The van der Waals surface area contributed by atoms with Gasteiger partial charge in [0.05, 0.1) is 19.3 Å². The van der Waals surface area contributed by atoms with E-state index < -0.39 is 5.97 Å². The van der Waals surface area contributed by atoms with Gasteiger partial charge in [0.1, 0.15) is 0 Å². The molecule has 0 saturated carbocycles. The van der Waals surface area contributed by atoms with Crippen LogP contribution in [0.4, 0.5) is 5.69 Å². The molecule has 0 unspecified atom stereocenters. The van der Waals surface area contributed by atoms with Crippen LogP contribution in [0.25, 0.3) is 0 Å². The van der Waals surface area contributed by atoms with Crippen LogP contribution in [0.5, 0.6) is 11.5 Å². The van der Waals surface area contributed by atoms with Gasteiger partial charge in [0.2, 0.25) is 0 Å². The number of thiophene rings is 1. The van der Waals surface area contributed by atoms with Crippen molar-refractivity contribution in [1.82, 2.24) is 0 Å². The molecular weight excluding hydrogens is 290 g/mol. The first-order chi connectivity index (χ1) is 10.1. The Morgan fingerprint density at radius 1 is 1.33 bits per heavy atom. The predicted octanol–water partition coefficient (Wildman–Crippen LogP) is 3.47. The van der Waals surface area contributed by atoms with Crippen LogP contribution in [0.2, 0.25) is 0 Å². The molecule has 0 aliphatic rings. The molecule has 112 valence electrons. The molecule has 6 heteroatoms. The van der Waals surface area contributed by atoms with Gasteiger partial charge in [0, 0.05) is 28.6 Å². The Hall–Kier alpha value is -2.21. The molecule has 2 N–H and O–H groups in total. The standard InChI is InChI=1S/C15H17NO4S/c1-3-20-13-5-4-11(7-14(13)19-2)16-8-12-6-10(9-21-12)15(17)18/h4-7,9,16H,3,8H2,1-2H3,(H,17,18). The second kappa shape index (κ2) is 6.99. The lowest BCUT2D eigenvalue weighted by Crippen LogP contribution is -2.00. The lowest BCUT2D eigenvalue weighted by Gasteiger charge is -2.11. The van der Waals surface area contributed by atoms with Crippen molar-refractivity contribution in [3.8, 4) is 11.5 Å². The normalized spacial score (nSPS) is 10.2. The van der Waals surface area contributed by atoms with E-state index in [0.717, 1.165) is 10.6 Å². The van der Waals surface area contributed by atoms with Gasteiger partial charge >= 0.3 is 5.97 Å². The Kier molecular flexibility index (Phi) is 5.05. The molecule has 0 bridgehead atoms. The number of anilines is 1. The third-order valence-corrected chi connectivity index (χ3v) is 3.77. The maximum Gasteiger partial charge on any atom is 0.336 e. The highest BCUT2D eigenvalue weighted by Gasteiger charge is 2.08. The van der Waals surface area contributed by atoms with Crippen LogP contribution in [-0.2, 0) is 6.54 Å². The third-order valence-electron chi connectivity index (χ3n) is 2.83. The number of benzene rings is 1.